The molecule has 0 radical (unpaired) electrons. The molecule has 0 aliphatic carbocycles. The molecule has 0 spiro atoms. The molecule has 0 aliphatic rings. The molecule has 0 amide bonds. The molecule has 2 nitrogen and oxygen atoms in total. The Kier molecular flexibility index (Phi) is 5.02. The highest BCUT2D eigenvalue weighted by atomic mass is 79.9. The molecule has 0 aliphatic heterocycles. The number of rotatable bonds is 4. The van der Waals surface area contributed by atoms with Crippen molar-refractivity contribution in [1.82, 2.24) is 0 Å². The van der Waals surface area contributed by atoms with Crippen molar-refractivity contribution in [2.45, 2.75) is 12.5 Å². The minimum absolute atomic E-state index is 0.351. The molecule has 2 aromatic rings. The van der Waals surface area contributed by atoms with E-state index in [0.29, 0.717) is 17.0 Å². The number of halogens is 3. The van der Waals surface area contributed by atoms with E-state index in [1.54, 1.807) is 13.2 Å². The van der Waals surface area contributed by atoms with Crippen LogP contribution in [0.2, 0.25) is 5.02 Å². The zero-order chi connectivity index (χ0) is 14.7. The van der Waals surface area contributed by atoms with E-state index in [1.807, 2.05) is 18.2 Å². The third kappa shape index (κ3) is 3.51. The number of benzene rings is 2. The van der Waals surface area contributed by atoms with Crippen LogP contribution in [0, 0.1) is 5.82 Å². The van der Waals surface area contributed by atoms with E-state index in [2.05, 4.69) is 15.9 Å². The summed E-state index contributed by atoms with van der Waals surface area (Å²) in [5, 5.41) is 0.470. The van der Waals surface area contributed by atoms with Crippen LogP contribution in [0.4, 0.5) is 4.39 Å². The van der Waals surface area contributed by atoms with Crippen LogP contribution in [0.5, 0.6) is 5.75 Å². The number of hydrogen-bond acceptors (Lipinski definition) is 2. The average Bonchev–Trinajstić information content (AvgIpc) is 2.41. The molecule has 2 aromatic carbocycles. The van der Waals surface area contributed by atoms with Crippen LogP contribution in [0.3, 0.4) is 0 Å². The smallest absolute Gasteiger partial charge is 0.128 e. The quantitative estimate of drug-likeness (QED) is 0.874. The molecule has 5 heteroatoms. The first-order valence-corrected chi connectivity index (χ1v) is 7.21. The lowest BCUT2D eigenvalue weighted by Crippen LogP contribution is -2.15. The Morgan fingerprint density at radius 1 is 1.30 bits per heavy atom. The van der Waals surface area contributed by atoms with Crippen LogP contribution in [0.1, 0.15) is 17.2 Å². The van der Waals surface area contributed by atoms with E-state index < -0.39 is 6.04 Å². The first kappa shape index (κ1) is 15.3. The molecule has 106 valence electrons. The van der Waals surface area contributed by atoms with Crippen molar-refractivity contribution >= 4 is 27.5 Å². The molecule has 0 heterocycles. The summed E-state index contributed by atoms with van der Waals surface area (Å²) in [6.45, 7) is 0. The van der Waals surface area contributed by atoms with Crippen molar-refractivity contribution in [3.05, 3.63) is 62.8 Å². The molecule has 0 saturated carbocycles. The third-order valence-corrected chi connectivity index (χ3v) is 3.77. The van der Waals surface area contributed by atoms with Crippen LogP contribution in [0.25, 0.3) is 0 Å². The highest BCUT2D eigenvalue weighted by molar-refractivity contribution is 9.10. The standard InChI is InChI=1S/C15H14BrClFNO/c1-20-15-5-2-10(16)6-9(15)7-14(19)12-8-11(17)3-4-13(12)18/h2-6,8,14H,7,19H2,1H3. The molecule has 1 unspecified atom stereocenters. The first-order chi connectivity index (χ1) is 9.51. The van der Waals surface area contributed by atoms with Gasteiger partial charge in [0.1, 0.15) is 11.6 Å². The summed E-state index contributed by atoms with van der Waals surface area (Å²) in [4.78, 5) is 0. The Morgan fingerprint density at radius 2 is 2.05 bits per heavy atom. The van der Waals surface area contributed by atoms with Crippen molar-refractivity contribution in [1.29, 1.82) is 0 Å². The Labute approximate surface area is 130 Å². The highest BCUT2D eigenvalue weighted by Gasteiger charge is 2.15. The molecule has 1 atom stereocenters. The van der Waals surface area contributed by atoms with E-state index in [4.69, 9.17) is 22.1 Å². The van der Waals surface area contributed by atoms with Gasteiger partial charge in [-0.05, 0) is 48.4 Å². The predicted molar refractivity (Wildman–Crippen MR) is 82.7 cm³/mol. The van der Waals surface area contributed by atoms with Gasteiger partial charge < -0.3 is 10.5 Å². The molecular formula is C15H14BrClFNO. The van der Waals surface area contributed by atoms with Crippen LogP contribution < -0.4 is 10.5 Å². The van der Waals surface area contributed by atoms with E-state index in [9.17, 15) is 4.39 Å². The molecule has 0 aromatic heterocycles. The fraction of sp³-hybridized carbons (Fsp3) is 0.200. The van der Waals surface area contributed by atoms with Crippen molar-refractivity contribution in [2.24, 2.45) is 5.73 Å². The molecule has 0 fully saturated rings. The fourth-order valence-corrected chi connectivity index (χ4v) is 2.64. The highest BCUT2D eigenvalue weighted by Crippen LogP contribution is 2.28. The van der Waals surface area contributed by atoms with E-state index in [0.717, 1.165) is 15.8 Å². The van der Waals surface area contributed by atoms with Gasteiger partial charge >= 0.3 is 0 Å². The van der Waals surface area contributed by atoms with Crippen LogP contribution in [0.15, 0.2) is 40.9 Å². The van der Waals surface area contributed by atoms with Crippen molar-refractivity contribution in [2.75, 3.05) is 7.11 Å². The zero-order valence-electron chi connectivity index (χ0n) is 10.9. The van der Waals surface area contributed by atoms with Gasteiger partial charge in [0.25, 0.3) is 0 Å². The minimum atomic E-state index is -0.489. The number of ether oxygens (including phenoxy) is 1. The number of hydrogen-bond donors (Lipinski definition) is 1. The summed E-state index contributed by atoms with van der Waals surface area (Å²) in [6, 6.07) is 9.56. The van der Waals surface area contributed by atoms with E-state index in [-0.39, 0.29) is 5.82 Å². The van der Waals surface area contributed by atoms with Crippen LogP contribution >= 0.6 is 27.5 Å². The van der Waals surface area contributed by atoms with Crippen molar-refractivity contribution in [3.8, 4) is 5.75 Å². The van der Waals surface area contributed by atoms with Gasteiger partial charge in [-0.25, -0.2) is 4.39 Å². The summed E-state index contributed by atoms with van der Waals surface area (Å²) >= 11 is 9.30. The summed E-state index contributed by atoms with van der Waals surface area (Å²) in [6.07, 6.45) is 0.458. The monoisotopic (exact) mass is 357 g/mol. The Bertz CT molecular complexity index is 621. The third-order valence-electron chi connectivity index (χ3n) is 3.04. The lowest BCUT2D eigenvalue weighted by atomic mass is 9.98. The predicted octanol–water partition coefficient (Wildman–Crippen LogP) is 4.49. The summed E-state index contributed by atoms with van der Waals surface area (Å²) in [7, 11) is 1.60. The molecular weight excluding hydrogens is 345 g/mol. The molecule has 2 rings (SSSR count). The Morgan fingerprint density at radius 3 is 2.75 bits per heavy atom. The minimum Gasteiger partial charge on any atom is -0.496 e. The van der Waals surface area contributed by atoms with Gasteiger partial charge in [0.05, 0.1) is 7.11 Å². The van der Waals surface area contributed by atoms with Crippen LogP contribution in [-0.4, -0.2) is 7.11 Å². The SMILES string of the molecule is COc1ccc(Br)cc1CC(N)c1cc(Cl)ccc1F. The second-order valence-corrected chi connectivity index (χ2v) is 5.78. The van der Waals surface area contributed by atoms with Gasteiger partial charge in [-0.2, -0.15) is 0 Å². The van der Waals surface area contributed by atoms with E-state index >= 15 is 0 Å². The van der Waals surface area contributed by atoms with Crippen molar-refractivity contribution in [3.63, 3.8) is 0 Å². The van der Waals surface area contributed by atoms with Crippen LogP contribution in [-0.2, 0) is 6.42 Å². The zero-order valence-corrected chi connectivity index (χ0v) is 13.2. The summed E-state index contributed by atoms with van der Waals surface area (Å²) in [5.74, 6) is 0.377. The average molecular weight is 359 g/mol. The molecule has 2 N–H and O–H groups in total. The Hall–Kier alpha value is -1.10. The Balaban J connectivity index is 2.29. The number of methoxy groups -OCH3 is 1. The maximum atomic E-state index is 13.8. The maximum absolute atomic E-state index is 13.8. The lowest BCUT2D eigenvalue weighted by Gasteiger charge is -2.16. The summed E-state index contributed by atoms with van der Waals surface area (Å²) in [5.41, 5.74) is 7.41. The van der Waals surface area contributed by atoms with Gasteiger partial charge in [0.2, 0.25) is 0 Å². The fourth-order valence-electron chi connectivity index (χ4n) is 2.05. The van der Waals surface area contributed by atoms with Gasteiger partial charge in [-0.3, -0.25) is 0 Å². The lowest BCUT2D eigenvalue weighted by molar-refractivity contribution is 0.407. The molecule has 20 heavy (non-hydrogen) atoms. The topological polar surface area (TPSA) is 35.2 Å². The van der Waals surface area contributed by atoms with Gasteiger partial charge in [-0.15, -0.1) is 0 Å². The van der Waals surface area contributed by atoms with Gasteiger partial charge in [0.15, 0.2) is 0 Å². The molecule has 0 bridgehead atoms. The largest absolute Gasteiger partial charge is 0.496 e. The molecule has 0 saturated heterocycles. The second-order valence-electron chi connectivity index (χ2n) is 4.43. The number of nitrogens with two attached hydrogens (primary N) is 1. The normalized spacial score (nSPS) is 12.2. The summed E-state index contributed by atoms with van der Waals surface area (Å²) < 4.78 is 20.0. The second kappa shape index (κ2) is 6.57. The van der Waals surface area contributed by atoms with Crippen molar-refractivity contribution < 1.29 is 9.13 Å². The maximum Gasteiger partial charge on any atom is 0.128 e. The van der Waals surface area contributed by atoms with E-state index in [1.165, 1.54) is 12.1 Å². The van der Waals surface area contributed by atoms with Gasteiger partial charge in [-0.1, -0.05) is 27.5 Å². The first-order valence-electron chi connectivity index (χ1n) is 6.04. The van der Waals surface area contributed by atoms with Gasteiger partial charge in [0, 0.05) is 21.1 Å².